The first kappa shape index (κ1) is 20.1. The maximum absolute atomic E-state index is 6.31. The fourth-order valence-electron chi connectivity index (χ4n) is 3.15. The highest BCUT2D eigenvalue weighted by Gasteiger charge is 2.12. The third-order valence-electron chi connectivity index (χ3n) is 4.70. The summed E-state index contributed by atoms with van der Waals surface area (Å²) in [4.78, 5) is 2.15. The maximum Gasteiger partial charge on any atom is 0.101 e. The molecule has 3 rings (SSSR count). The monoisotopic (exact) mass is 371 g/mol. The molecule has 1 atom stereocenters. The molecule has 0 aliphatic heterocycles. The fraction of sp³-hybridized carbons (Fsp3) is 0.231. The average Bonchev–Trinajstić information content (AvgIpc) is 2.74. The molecule has 1 unspecified atom stereocenters. The summed E-state index contributed by atoms with van der Waals surface area (Å²) in [5.74, 6) is 0. The summed E-state index contributed by atoms with van der Waals surface area (Å²) in [6.45, 7) is 1.59. The minimum atomic E-state index is -0.0694. The second-order valence-electron chi connectivity index (χ2n) is 7.23. The number of benzene rings is 3. The average molecular weight is 372 g/mol. The summed E-state index contributed by atoms with van der Waals surface area (Å²) in [6, 6.07) is 31.7. The van der Waals surface area contributed by atoms with Gasteiger partial charge < -0.3 is 9.64 Å². The van der Waals surface area contributed by atoms with Crippen LogP contribution in [0.25, 0.3) is 5.57 Å². The van der Waals surface area contributed by atoms with Crippen LogP contribution in [0.4, 0.5) is 0 Å². The van der Waals surface area contributed by atoms with E-state index in [9.17, 15) is 0 Å². The second kappa shape index (κ2) is 10.6. The molecule has 0 saturated carbocycles. The van der Waals surface area contributed by atoms with Crippen LogP contribution < -0.4 is 0 Å². The summed E-state index contributed by atoms with van der Waals surface area (Å²) in [5, 5.41) is 0. The Morgan fingerprint density at radius 3 is 2.00 bits per heavy atom. The van der Waals surface area contributed by atoms with Gasteiger partial charge in [-0.2, -0.15) is 0 Å². The molecule has 3 aromatic carbocycles. The van der Waals surface area contributed by atoms with Crippen LogP contribution in [0.3, 0.4) is 0 Å². The molecule has 0 bridgehead atoms. The highest BCUT2D eigenvalue weighted by molar-refractivity contribution is 5.68. The zero-order chi connectivity index (χ0) is 19.6. The number of hydrogen-bond donors (Lipinski definition) is 0. The van der Waals surface area contributed by atoms with E-state index in [1.165, 1.54) is 22.3 Å². The lowest BCUT2D eigenvalue weighted by atomic mass is 9.95. The van der Waals surface area contributed by atoms with Gasteiger partial charge in [-0.25, -0.2) is 0 Å². The molecule has 144 valence electrons. The molecule has 0 heterocycles. The number of rotatable bonds is 9. The van der Waals surface area contributed by atoms with E-state index in [-0.39, 0.29) is 6.10 Å². The normalized spacial score (nSPS) is 12.9. The molecule has 0 fully saturated rings. The topological polar surface area (TPSA) is 12.5 Å². The lowest BCUT2D eigenvalue weighted by Gasteiger charge is -2.19. The summed E-state index contributed by atoms with van der Waals surface area (Å²) in [6.07, 6.45) is 3.10. The van der Waals surface area contributed by atoms with Crippen molar-refractivity contribution in [3.05, 3.63) is 114 Å². The molecule has 3 aromatic rings. The highest BCUT2D eigenvalue weighted by atomic mass is 16.5. The van der Waals surface area contributed by atoms with Crippen LogP contribution in [0.1, 0.15) is 22.8 Å². The van der Waals surface area contributed by atoms with Crippen molar-refractivity contribution >= 4 is 5.57 Å². The van der Waals surface area contributed by atoms with Crippen molar-refractivity contribution in [2.45, 2.75) is 12.5 Å². The molecule has 2 heteroatoms. The molecule has 0 radical (unpaired) electrons. The van der Waals surface area contributed by atoms with E-state index in [2.05, 4.69) is 110 Å². The number of likely N-dealkylation sites (N-methyl/N-ethyl adjacent to an activating group) is 1. The molecule has 0 amide bonds. The standard InChI is InChI=1S/C26H29NO/c1-27(2)18-19-28-26(24-16-10-5-11-17-24)21-25(23-14-8-4-9-15-23)20-22-12-6-3-7-13-22/h3-17,21,26H,18-20H2,1-2H3/b25-21-. The van der Waals surface area contributed by atoms with Crippen molar-refractivity contribution < 1.29 is 4.74 Å². The molecule has 0 spiro atoms. The third kappa shape index (κ3) is 6.19. The van der Waals surface area contributed by atoms with Crippen LogP contribution in [-0.2, 0) is 11.2 Å². The van der Waals surface area contributed by atoms with Crippen LogP contribution in [0.15, 0.2) is 97.1 Å². The van der Waals surface area contributed by atoms with Crippen molar-refractivity contribution in [1.29, 1.82) is 0 Å². The minimum Gasteiger partial charge on any atom is -0.368 e. The highest BCUT2D eigenvalue weighted by Crippen LogP contribution is 2.27. The van der Waals surface area contributed by atoms with Gasteiger partial charge in [0.15, 0.2) is 0 Å². The van der Waals surface area contributed by atoms with Gasteiger partial charge in [0.05, 0.1) is 6.61 Å². The molecule has 0 aliphatic carbocycles. The Morgan fingerprint density at radius 1 is 0.821 bits per heavy atom. The zero-order valence-electron chi connectivity index (χ0n) is 16.8. The van der Waals surface area contributed by atoms with Crippen molar-refractivity contribution in [3.8, 4) is 0 Å². The molecule has 0 aliphatic rings. The smallest absolute Gasteiger partial charge is 0.101 e. The van der Waals surface area contributed by atoms with Gasteiger partial charge >= 0.3 is 0 Å². The minimum absolute atomic E-state index is 0.0694. The van der Waals surface area contributed by atoms with Gasteiger partial charge in [-0.1, -0.05) is 91.0 Å². The Bertz CT molecular complexity index is 841. The van der Waals surface area contributed by atoms with Gasteiger partial charge in [0, 0.05) is 6.54 Å². The van der Waals surface area contributed by atoms with E-state index in [4.69, 9.17) is 4.74 Å². The SMILES string of the molecule is CN(C)CCOC(/C=C(/Cc1ccccc1)c1ccccc1)c1ccccc1. The van der Waals surface area contributed by atoms with Gasteiger partial charge in [0.2, 0.25) is 0 Å². The number of hydrogen-bond acceptors (Lipinski definition) is 2. The van der Waals surface area contributed by atoms with E-state index in [0.717, 1.165) is 13.0 Å². The predicted molar refractivity (Wildman–Crippen MR) is 118 cm³/mol. The number of nitrogens with zero attached hydrogens (tertiary/aromatic N) is 1. The third-order valence-corrected chi connectivity index (χ3v) is 4.70. The van der Waals surface area contributed by atoms with Crippen molar-refractivity contribution in [2.75, 3.05) is 27.2 Å². The molecular formula is C26H29NO. The van der Waals surface area contributed by atoms with Crippen LogP contribution in [0.2, 0.25) is 0 Å². The summed E-state index contributed by atoms with van der Waals surface area (Å²) in [7, 11) is 4.14. The van der Waals surface area contributed by atoms with E-state index in [0.29, 0.717) is 6.61 Å². The van der Waals surface area contributed by atoms with Crippen LogP contribution >= 0.6 is 0 Å². The molecule has 0 aromatic heterocycles. The van der Waals surface area contributed by atoms with Gasteiger partial charge in [0.1, 0.15) is 6.10 Å². The second-order valence-corrected chi connectivity index (χ2v) is 7.23. The van der Waals surface area contributed by atoms with E-state index in [1.807, 2.05) is 6.07 Å². The van der Waals surface area contributed by atoms with Crippen molar-refractivity contribution in [2.24, 2.45) is 0 Å². The number of allylic oxidation sites excluding steroid dienone is 1. The van der Waals surface area contributed by atoms with Crippen LogP contribution in [0.5, 0.6) is 0 Å². The Hall–Kier alpha value is -2.68. The van der Waals surface area contributed by atoms with Gasteiger partial charge in [-0.3, -0.25) is 0 Å². The Morgan fingerprint density at radius 2 is 1.39 bits per heavy atom. The largest absolute Gasteiger partial charge is 0.368 e. The fourth-order valence-corrected chi connectivity index (χ4v) is 3.15. The van der Waals surface area contributed by atoms with Crippen LogP contribution in [-0.4, -0.2) is 32.1 Å². The van der Waals surface area contributed by atoms with E-state index in [1.54, 1.807) is 0 Å². The Balaban J connectivity index is 1.93. The zero-order valence-corrected chi connectivity index (χ0v) is 16.8. The first-order valence-electron chi connectivity index (χ1n) is 9.83. The van der Waals surface area contributed by atoms with E-state index >= 15 is 0 Å². The van der Waals surface area contributed by atoms with Crippen molar-refractivity contribution in [1.82, 2.24) is 4.90 Å². The van der Waals surface area contributed by atoms with Crippen molar-refractivity contribution in [3.63, 3.8) is 0 Å². The predicted octanol–water partition coefficient (Wildman–Crippen LogP) is 5.63. The first-order valence-corrected chi connectivity index (χ1v) is 9.83. The molecule has 0 saturated heterocycles. The summed E-state index contributed by atoms with van der Waals surface area (Å²) < 4.78 is 6.31. The molecular weight excluding hydrogens is 342 g/mol. The summed E-state index contributed by atoms with van der Waals surface area (Å²) in [5.41, 5.74) is 5.01. The molecule has 28 heavy (non-hydrogen) atoms. The molecule has 0 N–H and O–H groups in total. The summed E-state index contributed by atoms with van der Waals surface area (Å²) >= 11 is 0. The van der Waals surface area contributed by atoms with E-state index < -0.39 is 0 Å². The maximum atomic E-state index is 6.31. The van der Waals surface area contributed by atoms with Gasteiger partial charge in [0.25, 0.3) is 0 Å². The lowest BCUT2D eigenvalue weighted by Crippen LogP contribution is -2.19. The van der Waals surface area contributed by atoms with Crippen LogP contribution in [0, 0.1) is 0 Å². The first-order chi connectivity index (χ1) is 13.7. The van der Waals surface area contributed by atoms with Gasteiger partial charge in [-0.05, 0) is 48.9 Å². The Kier molecular flexibility index (Phi) is 7.60. The quantitative estimate of drug-likeness (QED) is 0.483. The Labute approximate surface area is 169 Å². The van der Waals surface area contributed by atoms with Gasteiger partial charge in [-0.15, -0.1) is 0 Å². The number of ether oxygens (including phenoxy) is 1. The molecule has 2 nitrogen and oxygen atoms in total. The lowest BCUT2D eigenvalue weighted by molar-refractivity contribution is 0.0736.